The van der Waals surface area contributed by atoms with E-state index in [1.54, 1.807) is 25.7 Å². The van der Waals surface area contributed by atoms with Crippen LogP contribution in [0.4, 0.5) is 0 Å². The summed E-state index contributed by atoms with van der Waals surface area (Å²) in [6.07, 6.45) is 8.88. The van der Waals surface area contributed by atoms with E-state index < -0.39 is 41.4 Å². The number of nitrogens with zero attached hydrogens (tertiary/aromatic N) is 1. The monoisotopic (exact) mass is 463 g/mol. The smallest absolute Gasteiger partial charge is 0.307 e. The number of amides is 3. The Kier molecular flexibility index (Phi) is 11.9. The molecule has 0 bridgehead atoms. The molecule has 3 N–H and O–H groups in total. The van der Waals surface area contributed by atoms with Gasteiger partial charge in [0.15, 0.2) is 0 Å². The summed E-state index contributed by atoms with van der Waals surface area (Å²) < 4.78 is 5.44. The van der Waals surface area contributed by atoms with Crippen molar-refractivity contribution >= 4 is 23.7 Å². The predicted molar refractivity (Wildman–Crippen MR) is 128 cm³/mol. The van der Waals surface area contributed by atoms with Gasteiger partial charge in [-0.25, -0.2) is 0 Å². The summed E-state index contributed by atoms with van der Waals surface area (Å²) in [6, 6.07) is -1.55. The fraction of sp³-hybridized carbons (Fsp3) is 0.680. The van der Waals surface area contributed by atoms with Crippen molar-refractivity contribution in [1.29, 1.82) is 0 Å². The summed E-state index contributed by atoms with van der Waals surface area (Å²) in [7, 11) is 0. The van der Waals surface area contributed by atoms with Crippen molar-refractivity contribution in [3.63, 3.8) is 0 Å². The Balaban J connectivity index is 2.91. The Bertz CT molecular complexity index is 713. The van der Waals surface area contributed by atoms with E-state index in [0.717, 1.165) is 25.7 Å². The standard InChI is InChI=1S/C25H41N3O5/c1-6-8-9-10-11-14-18(17-21(29)33-25(3,4)5)24(32)28-16-12-15-20(28)23(31)27-19(13-7-2)22(26)30/h6-7,18-20H,1-2,8-17H2,3-5H3,(H2,26,30)(H,27,31)/t18-,19-,20+/m1/s1. The van der Waals surface area contributed by atoms with Gasteiger partial charge in [-0.15, -0.1) is 13.2 Å². The van der Waals surface area contributed by atoms with Crippen molar-refractivity contribution in [3.8, 4) is 0 Å². The van der Waals surface area contributed by atoms with E-state index in [9.17, 15) is 19.2 Å². The van der Waals surface area contributed by atoms with Crippen LogP contribution in [0, 0.1) is 5.92 Å². The molecule has 1 saturated heterocycles. The van der Waals surface area contributed by atoms with Crippen LogP contribution in [0.1, 0.15) is 78.6 Å². The number of nitrogens with two attached hydrogens (primary N) is 1. The van der Waals surface area contributed by atoms with Crippen LogP contribution in [0.5, 0.6) is 0 Å². The third-order valence-electron chi connectivity index (χ3n) is 5.54. The molecule has 1 aliphatic heterocycles. The minimum atomic E-state index is -0.866. The summed E-state index contributed by atoms with van der Waals surface area (Å²) >= 11 is 0. The van der Waals surface area contributed by atoms with Crippen LogP contribution in [0.15, 0.2) is 25.3 Å². The number of ether oxygens (including phenoxy) is 1. The number of rotatable bonds is 14. The minimum absolute atomic E-state index is 0.0250. The lowest BCUT2D eigenvalue weighted by Gasteiger charge is -2.29. The van der Waals surface area contributed by atoms with E-state index in [0.29, 0.717) is 25.8 Å². The van der Waals surface area contributed by atoms with Crippen molar-refractivity contribution < 1.29 is 23.9 Å². The summed E-state index contributed by atoms with van der Waals surface area (Å²) in [4.78, 5) is 51.9. The second kappa shape index (κ2) is 13.8. The maximum absolute atomic E-state index is 13.4. The lowest BCUT2D eigenvalue weighted by atomic mass is 9.95. The van der Waals surface area contributed by atoms with Gasteiger partial charge >= 0.3 is 5.97 Å². The molecule has 33 heavy (non-hydrogen) atoms. The van der Waals surface area contributed by atoms with Gasteiger partial charge in [0.2, 0.25) is 17.7 Å². The van der Waals surface area contributed by atoms with Gasteiger partial charge in [0.1, 0.15) is 17.7 Å². The lowest BCUT2D eigenvalue weighted by Crippen LogP contribution is -2.53. The minimum Gasteiger partial charge on any atom is -0.460 e. The number of primary amides is 1. The van der Waals surface area contributed by atoms with Crippen molar-refractivity contribution in [2.45, 2.75) is 96.2 Å². The normalized spacial score (nSPS) is 17.7. The van der Waals surface area contributed by atoms with Gasteiger partial charge in [-0.1, -0.05) is 25.0 Å². The molecule has 1 fully saturated rings. The third kappa shape index (κ3) is 10.2. The average Bonchev–Trinajstić information content (AvgIpc) is 3.20. The Morgan fingerprint density at radius 2 is 1.85 bits per heavy atom. The lowest BCUT2D eigenvalue weighted by molar-refractivity contribution is -0.159. The van der Waals surface area contributed by atoms with Crippen LogP contribution < -0.4 is 11.1 Å². The fourth-order valence-electron chi connectivity index (χ4n) is 3.97. The summed E-state index contributed by atoms with van der Waals surface area (Å²) in [5.41, 5.74) is 4.73. The maximum Gasteiger partial charge on any atom is 0.307 e. The topological polar surface area (TPSA) is 119 Å². The zero-order valence-electron chi connectivity index (χ0n) is 20.4. The van der Waals surface area contributed by atoms with Gasteiger partial charge in [0.25, 0.3) is 0 Å². The van der Waals surface area contributed by atoms with E-state index in [-0.39, 0.29) is 18.7 Å². The van der Waals surface area contributed by atoms with E-state index in [2.05, 4.69) is 18.5 Å². The molecule has 0 aromatic carbocycles. The largest absolute Gasteiger partial charge is 0.460 e. The number of nitrogens with one attached hydrogen (secondary N) is 1. The number of carbonyl (C=O) groups excluding carboxylic acids is 4. The SMILES string of the molecule is C=CCCCCC[C@H](CC(=O)OC(C)(C)C)C(=O)N1CCC[C@H]1C(=O)N[C@H](CC=C)C(N)=O. The Morgan fingerprint density at radius 3 is 2.42 bits per heavy atom. The molecule has 0 radical (unpaired) electrons. The quantitative estimate of drug-likeness (QED) is 0.233. The van der Waals surface area contributed by atoms with Gasteiger partial charge in [-0.3, -0.25) is 19.2 Å². The van der Waals surface area contributed by atoms with E-state index >= 15 is 0 Å². The van der Waals surface area contributed by atoms with Crippen molar-refractivity contribution in [3.05, 3.63) is 25.3 Å². The second-order valence-corrected chi connectivity index (χ2v) is 9.59. The zero-order chi connectivity index (χ0) is 25.0. The third-order valence-corrected chi connectivity index (χ3v) is 5.54. The second-order valence-electron chi connectivity index (χ2n) is 9.59. The summed E-state index contributed by atoms with van der Waals surface area (Å²) in [5.74, 6) is -2.26. The van der Waals surface area contributed by atoms with Crippen molar-refractivity contribution in [2.75, 3.05) is 6.54 Å². The molecule has 0 aliphatic carbocycles. The van der Waals surface area contributed by atoms with Crippen LogP contribution >= 0.6 is 0 Å². The number of hydrogen-bond acceptors (Lipinski definition) is 5. The van der Waals surface area contributed by atoms with E-state index in [1.807, 2.05) is 6.08 Å². The molecular weight excluding hydrogens is 422 g/mol. The highest BCUT2D eigenvalue weighted by Crippen LogP contribution is 2.26. The van der Waals surface area contributed by atoms with Gasteiger partial charge in [-0.2, -0.15) is 0 Å². The Labute approximate surface area is 198 Å². The molecule has 1 heterocycles. The van der Waals surface area contributed by atoms with Gasteiger partial charge in [0.05, 0.1) is 6.42 Å². The molecule has 1 rings (SSSR count). The molecule has 0 aromatic heterocycles. The van der Waals surface area contributed by atoms with Crippen LogP contribution in [0.3, 0.4) is 0 Å². The van der Waals surface area contributed by atoms with Gasteiger partial charge in [0, 0.05) is 12.5 Å². The number of esters is 1. The van der Waals surface area contributed by atoms with Crippen molar-refractivity contribution in [2.24, 2.45) is 11.7 Å². The Morgan fingerprint density at radius 1 is 1.15 bits per heavy atom. The average molecular weight is 464 g/mol. The van der Waals surface area contributed by atoms with Crippen LogP contribution in [-0.2, 0) is 23.9 Å². The molecule has 186 valence electrons. The first-order valence-corrected chi connectivity index (χ1v) is 11.8. The van der Waals surface area contributed by atoms with Crippen molar-refractivity contribution in [1.82, 2.24) is 10.2 Å². The van der Waals surface area contributed by atoms with E-state index in [1.165, 1.54) is 6.08 Å². The first kappa shape index (κ1) is 28.4. The maximum atomic E-state index is 13.4. The first-order chi connectivity index (χ1) is 15.5. The Hall–Kier alpha value is -2.64. The number of unbranched alkanes of at least 4 members (excludes halogenated alkanes) is 3. The van der Waals surface area contributed by atoms with E-state index in [4.69, 9.17) is 10.5 Å². The molecule has 1 aliphatic rings. The molecule has 8 nitrogen and oxygen atoms in total. The van der Waals surface area contributed by atoms with Crippen LogP contribution in [-0.4, -0.2) is 52.8 Å². The molecule has 0 saturated carbocycles. The number of allylic oxidation sites excluding steroid dienone is 1. The van der Waals surface area contributed by atoms with Crippen LogP contribution in [0.25, 0.3) is 0 Å². The molecule has 3 atom stereocenters. The summed E-state index contributed by atoms with van der Waals surface area (Å²) in [6.45, 7) is 13.1. The highest BCUT2D eigenvalue weighted by molar-refractivity contribution is 5.93. The molecule has 3 amide bonds. The molecule has 0 aromatic rings. The zero-order valence-corrected chi connectivity index (χ0v) is 20.4. The fourth-order valence-corrected chi connectivity index (χ4v) is 3.97. The summed E-state index contributed by atoms with van der Waals surface area (Å²) in [5, 5.41) is 2.64. The van der Waals surface area contributed by atoms with Gasteiger partial charge in [-0.05, 0) is 59.3 Å². The van der Waals surface area contributed by atoms with Crippen LogP contribution in [0.2, 0.25) is 0 Å². The van der Waals surface area contributed by atoms with Gasteiger partial charge < -0.3 is 20.7 Å². The number of hydrogen-bond donors (Lipinski definition) is 2. The molecular formula is C25H41N3O5. The molecule has 8 heteroatoms. The number of likely N-dealkylation sites (tertiary alicyclic amines) is 1. The highest BCUT2D eigenvalue weighted by Gasteiger charge is 2.38. The molecule has 0 unspecified atom stereocenters. The highest BCUT2D eigenvalue weighted by atomic mass is 16.6. The number of carbonyl (C=O) groups is 4. The predicted octanol–water partition coefficient (Wildman–Crippen LogP) is 3.01. The molecule has 0 spiro atoms. The first-order valence-electron chi connectivity index (χ1n) is 11.8.